The Labute approximate surface area is 230 Å². The number of hydrogen-bond acceptors (Lipinski definition) is 6. The molecule has 0 unspecified atom stereocenters. The van der Waals surface area contributed by atoms with Crippen molar-refractivity contribution in [1.82, 2.24) is 5.43 Å². The third-order valence-electron chi connectivity index (χ3n) is 5.29. The quantitative estimate of drug-likeness (QED) is 0.251. The van der Waals surface area contributed by atoms with Crippen LogP contribution >= 0.6 is 27.5 Å². The van der Waals surface area contributed by atoms with E-state index in [1.807, 2.05) is 31.2 Å². The second-order valence-corrected chi connectivity index (χ2v) is 11.4. The van der Waals surface area contributed by atoms with Crippen LogP contribution in [0.15, 0.2) is 64.2 Å². The number of anilines is 1. The molecule has 3 rings (SSSR count). The molecule has 0 fully saturated rings. The van der Waals surface area contributed by atoms with Crippen molar-refractivity contribution in [2.45, 2.75) is 20.5 Å². The van der Waals surface area contributed by atoms with Gasteiger partial charge in [-0.1, -0.05) is 47.5 Å². The summed E-state index contributed by atoms with van der Waals surface area (Å²) in [7, 11) is -2.18. The molecule has 0 aliphatic carbocycles. The van der Waals surface area contributed by atoms with E-state index in [1.54, 1.807) is 37.3 Å². The van der Waals surface area contributed by atoms with E-state index in [9.17, 15) is 13.2 Å². The first-order chi connectivity index (χ1) is 17.5. The van der Waals surface area contributed by atoms with Gasteiger partial charge in [0.2, 0.25) is 10.0 Å². The fourth-order valence-electron chi connectivity index (χ4n) is 3.53. The van der Waals surface area contributed by atoms with Crippen LogP contribution in [0.2, 0.25) is 5.02 Å². The number of rotatable bonds is 10. The number of carbonyl (C=O) groups excluding carboxylic acids is 1. The van der Waals surface area contributed by atoms with Crippen LogP contribution in [0.3, 0.4) is 0 Å². The Hall–Kier alpha value is -3.08. The van der Waals surface area contributed by atoms with Gasteiger partial charge in [-0.05, 0) is 65.2 Å². The molecule has 0 radical (unpaired) electrons. The highest BCUT2D eigenvalue weighted by Gasteiger charge is 2.22. The summed E-state index contributed by atoms with van der Waals surface area (Å²) >= 11 is 9.69. The number of amides is 1. The lowest BCUT2D eigenvalue weighted by atomic mass is 10.1. The highest BCUT2D eigenvalue weighted by molar-refractivity contribution is 9.10. The maximum absolute atomic E-state index is 12.5. The van der Waals surface area contributed by atoms with Crippen molar-refractivity contribution in [2.24, 2.45) is 5.10 Å². The Morgan fingerprint density at radius 2 is 1.89 bits per heavy atom. The van der Waals surface area contributed by atoms with Gasteiger partial charge in [-0.3, -0.25) is 9.10 Å². The minimum atomic E-state index is -3.70. The van der Waals surface area contributed by atoms with Gasteiger partial charge >= 0.3 is 0 Å². The van der Waals surface area contributed by atoms with Crippen LogP contribution in [0.25, 0.3) is 0 Å². The lowest BCUT2D eigenvalue weighted by Gasteiger charge is -2.23. The van der Waals surface area contributed by atoms with Crippen LogP contribution in [0.1, 0.15) is 22.3 Å². The van der Waals surface area contributed by atoms with Crippen molar-refractivity contribution >= 4 is 55.4 Å². The molecule has 1 amide bonds. The summed E-state index contributed by atoms with van der Waals surface area (Å²) in [6, 6.07) is 16.2. The van der Waals surface area contributed by atoms with Gasteiger partial charge in [0.05, 0.1) is 29.7 Å². The Kier molecular flexibility index (Phi) is 9.58. The van der Waals surface area contributed by atoms with Gasteiger partial charge in [0.15, 0.2) is 11.5 Å². The predicted molar refractivity (Wildman–Crippen MR) is 150 cm³/mol. The van der Waals surface area contributed by atoms with Gasteiger partial charge in [-0.15, -0.1) is 0 Å². The molecular formula is C26H27BrClN3O5S. The Balaban J connectivity index is 1.70. The number of ether oxygens (including phenoxy) is 2. The molecule has 8 nitrogen and oxygen atoms in total. The molecule has 1 N–H and O–H groups in total. The molecule has 0 bridgehead atoms. The van der Waals surface area contributed by atoms with Crippen LogP contribution in [-0.4, -0.2) is 40.4 Å². The number of sulfonamides is 1. The first kappa shape index (κ1) is 28.5. The number of nitrogens with zero attached hydrogens (tertiary/aromatic N) is 2. The number of methoxy groups -OCH3 is 1. The Morgan fingerprint density at radius 1 is 1.16 bits per heavy atom. The molecule has 3 aromatic rings. The van der Waals surface area contributed by atoms with Crippen LogP contribution in [0.4, 0.5) is 5.69 Å². The van der Waals surface area contributed by atoms with E-state index in [0.717, 1.165) is 27.3 Å². The summed E-state index contributed by atoms with van der Waals surface area (Å²) < 4.78 is 37.8. The topological polar surface area (TPSA) is 97.3 Å². The third-order valence-corrected chi connectivity index (χ3v) is 7.38. The van der Waals surface area contributed by atoms with Crippen molar-refractivity contribution in [3.05, 3.63) is 86.3 Å². The average Bonchev–Trinajstić information content (AvgIpc) is 2.82. The zero-order valence-corrected chi connectivity index (χ0v) is 23.9. The van der Waals surface area contributed by atoms with E-state index in [2.05, 4.69) is 26.5 Å². The fraction of sp³-hybridized carbons (Fsp3) is 0.231. The monoisotopic (exact) mass is 607 g/mol. The van der Waals surface area contributed by atoms with Gasteiger partial charge in [-0.2, -0.15) is 5.10 Å². The van der Waals surface area contributed by atoms with E-state index in [0.29, 0.717) is 32.2 Å². The third kappa shape index (κ3) is 7.70. The molecular weight excluding hydrogens is 582 g/mol. The molecule has 0 aliphatic rings. The van der Waals surface area contributed by atoms with E-state index >= 15 is 0 Å². The second-order valence-electron chi connectivity index (χ2n) is 8.27. The lowest BCUT2D eigenvalue weighted by molar-refractivity contribution is -0.119. The summed E-state index contributed by atoms with van der Waals surface area (Å²) in [5.41, 5.74) is 6.00. The molecule has 0 aromatic heterocycles. The van der Waals surface area contributed by atoms with E-state index < -0.39 is 22.5 Å². The number of benzene rings is 3. The van der Waals surface area contributed by atoms with Gasteiger partial charge < -0.3 is 9.47 Å². The fourth-order valence-corrected chi connectivity index (χ4v) is 5.21. The molecule has 37 heavy (non-hydrogen) atoms. The minimum absolute atomic E-state index is 0.245. The van der Waals surface area contributed by atoms with E-state index in [1.165, 1.54) is 13.3 Å². The molecule has 0 atom stereocenters. The molecule has 0 saturated carbocycles. The number of nitrogens with one attached hydrogen (secondary N) is 1. The Morgan fingerprint density at radius 3 is 2.54 bits per heavy atom. The first-order valence-electron chi connectivity index (χ1n) is 11.1. The number of carbonyl (C=O) groups is 1. The van der Waals surface area contributed by atoms with Crippen LogP contribution < -0.4 is 19.2 Å². The molecule has 0 aliphatic heterocycles. The Bertz CT molecular complexity index is 1430. The summed E-state index contributed by atoms with van der Waals surface area (Å²) in [5.74, 6) is 0.348. The van der Waals surface area contributed by atoms with Gasteiger partial charge in [0, 0.05) is 10.6 Å². The zero-order chi connectivity index (χ0) is 27.2. The normalized spacial score (nSPS) is 11.4. The summed E-state index contributed by atoms with van der Waals surface area (Å²) in [6.07, 6.45) is 2.48. The largest absolute Gasteiger partial charge is 0.493 e. The van der Waals surface area contributed by atoms with Gasteiger partial charge in [0.25, 0.3) is 5.91 Å². The van der Waals surface area contributed by atoms with E-state index in [-0.39, 0.29) is 6.61 Å². The SMILES string of the molecule is COc1cc(/C=N\NC(=O)CN(c2ccc(C)cc2C)S(C)(=O)=O)cc(Br)c1OCc1ccccc1Cl. The molecule has 0 spiro atoms. The van der Waals surface area contributed by atoms with Crippen molar-refractivity contribution < 1.29 is 22.7 Å². The van der Waals surface area contributed by atoms with Crippen molar-refractivity contribution in [2.75, 3.05) is 24.2 Å². The highest BCUT2D eigenvalue weighted by Crippen LogP contribution is 2.37. The van der Waals surface area contributed by atoms with Crippen LogP contribution in [-0.2, 0) is 21.4 Å². The predicted octanol–water partition coefficient (Wildman–Crippen LogP) is 5.22. The number of aryl methyl sites for hydroxylation is 2. The zero-order valence-electron chi connectivity index (χ0n) is 20.8. The summed E-state index contributed by atoms with van der Waals surface area (Å²) in [4.78, 5) is 12.5. The number of halogens is 2. The number of hydrogen-bond donors (Lipinski definition) is 1. The minimum Gasteiger partial charge on any atom is -0.493 e. The maximum Gasteiger partial charge on any atom is 0.260 e. The van der Waals surface area contributed by atoms with Gasteiger partial charge in [-0.25, -0.2) is 13.8 Å². The van der Waals surface area contributed by atoms with Crippen molar-refractivity contribution in [1.29, 1.82) is 0 Å². The van der Waals surface area contributed by atoms with Crippen LogP contribution in [0.5, 0.6) is 11.5 Å². The lowest BCUT2D eigenvalue weighted by Crippen LogP contribution is -2.39. The molecule has 0 heterocycles. The highest BCUT2D eigenvalue weighted by atomic mass is 79.9. The van der Waals surface area contributed by atoms with Crippen molar-refractivity contribution in [3.8, 4) is 11.5 Å². The standard InChI is InChI=1S/C26H27BrClN3O5S/c1-17-9-10-23(18(2)11-17)31(37(4,33)34)15-25(32)30-29-14-19-12-21(27)26(24(13-19)35-3)36-16-20-7-5-6-8-22(20)28/h5-14H,15-16H2,1-4H3,(H,30,32)/b29-14-. The van der Waals surface area contributed by atoms with Crippen LogP contribution in [0, 0.1) is 13.8 Å². The van der Waals surface area contributed by atoms with Crippen molar-refractivity contribution in [3.63, 3.8) is 0 Å². The second kappa shape index (κ2) is 12.4. The smallest absolute Gasteiger partial charge is 0.260 e. The van der Waals surface area contributed by atoms with Gasteiger partial charge in [0.1, 0.15) is 13.2 Å². The molecule has 196 valence electrons. The summed E-state index contributed by atoms with van der Waals surface area (Å²) in [6.45, 7) is 3.54. The molecule has 3 aromatic carbocycles. The molecule has 11 heteroatoms. The maximum atomic E-state index is 12.5. The number of hydrazone groups is 1. The van der Waals surface area contributed by atoms with E-state index in [4.69, 9.17) is 21.1 Å². The first-order valence-corrected chi connectivity index (χ1v) is 14.1. The molecule has 0 saturated heterocycles. The average molecular weight is 609 g/mol. The summed E-state index contributed by atoms with van der Waals surface area (Å²) in [5, 5.41) is 4.58.